The Hall–Kier alpha value is 0.190. The van der Waals surface area contributed by atoms with E-state index in [1.165, 1.54) is 12.1 Å². The van der Waals surface area contributed by atoms with Crippen LogP contribution in [0.1, 0.15) is 0 Å². The zero-order valence-electron chi connectivity index (χ0n) is 6.09. The zero-order chi connectivity index (χ0) is 10.2. The van der Waals surface area contributed by atoms with Gasteiger partial charge in [-0.3, -0.25) is 0 Å². The Morgan fingerprint density at radius 2 is 1.62 bits per heavy atom. The van der Waals surface area contributed by atoms with Crippen molar-refractivity contribution in [2.75, 3.05) is 0 Å². The van der Waals surface area contributed by atoms with Gasteiger partial charge >= 0.3 is 0 Å². The summed E-state index contributed by atoms with van der Waals surface area (Å²) in [6, 6.07) is 2.82. The lowest BCUT2D eigenvalue weighted by molar-refractivity contribution is 0.598. The molecule has 0 saturated carbocycles. The molecule has 3 nitrogen and oxygen atoms in total. The average molecular weight is 305 g/mol. The van der Waals surface area contributed by atoms with Gasteiger partial charge in [0.2, 0.25) is 10.0 Å². The van der Waals surface area contributed by atoms with E-state index in [1.54, 1.807) is 0 Å². The molecule has 0 aliphatic rings. The van der Waals surface area contributed by atoms with Gasteiger partial charge in [-0.2, -0.15) is 0 Å². The molecule has 7 heteroatoms. The van der Waals surface area contributed by atoms with Crippen molar-refractivity contribution >= 4 is 49.2 Å². The van der Waals surface area contributed by atoms with Crippen molar-refractivity contribution < 1.29 is 8.42 Å². The van der Waals surface area contributed by atoms with Crippen molar-refractivity contribution in [2.45, 2.75) is 4.90 Å². The Balaban J connectivity index is 3.57. The van der Waals surface area contributed by atoms with Gasteiger partial charge in [-0.05, 0) is 12.1 Å². The molecule has 0 spiro atoms. The minimum Gasteiger partial charge on any atom is -0.225 e. The van der Waals surface area contributed by atoms with E-state index in [1.807, 2.05) is 0 Å². The van der Waals surface area contributed by atoms with E-state index in [-0.39, 0.29) is 14.9 Å². The molecule has 1 rings (SSSR count). The summed E-state index contributed by atoms with van der Waals surface area (Å²) in [6.07, 6.45) is 0. The predicted molar refractivity (Wildman–Crippen MR) is 55.5 cm³/mol. The topological polar surface area (TPSA) is 60.2 Å². The number of sulfonamides is 1. The molecule has 0 aliphatic carbocycles. The molecule has 2 N–H and O–H groups in total. The van der Waals surface area contributed by atoms with E-state index >= 15 is 0 Å². The molecule has 0 saturated heterocycles. The fraction of sp³-hybridized carbons (Fsp3) is 0. The van der Waals surface area contributed by atoms with Crippen LogP contribution in [0.15, 0.2) is 21.5 Å². The Labute approximate surface area is 94.0 Å². The highest BCUT2D eigenvalue weighted by molar-refractivity contribution is 9.10. The number of nitrogens with two attached hydrogens (primary N) is 1. The van der Waals surface area contributed by atoms with Gasteiger partial charge in [-0.15, -0.1) is 0 Å². The van der Waals surface area contributed by atoms with Crippen LogP contribution in [-0.2, 0) is 10.0 Å². The number of hydrogen-bond acceptors (Lipinski definition) is 2. The van der Waals surface area contributed by atoms with Gasteiger partial charge in [-0.1, -0.05) is 39.1 Å². The smallest absolute Gasteiger partial charge is 0.225 e. The number of primary sulfonamides is 1. The summed E-state index contributed by atoms with van der Waals surface area (Å²) in [5.41, 5.74) is 0. The van der Waals surface area contributed by atoms with Crippen LogP contribution in [0.25, 0.3) is 0 Å². The van der Waals surface area contributed by atoms with Crippen LogP contribution in [0, 0.1) is 0 Å². The summed E-state index contributed by atoms with van der Waals surface area (Å²) in [4.78, 5) is -0.251. The van der Waals surface area contributed by atoms with E-state index in [0.29, 0.717) is 4.47 Å². The SMILES string of the molecule is NS(=O)(=O)c1c(Cl)cc(Br)cc1Cl. The van der Waals surface area contributed by atoms with Crippen LogP contribution in [0.5, 0.6) is 0 Å². The standard InChI is InChI=1S/C6H4BrCl2NO2S/c7-3-1-4(8)6(5(9)2-3)13(10,11)12/h1-2H,(H2,10,11,12). The molecule has 0 aromatic heterocycles. The van der Waals surface area contributed by atoms with Crippen molar-refractivity contribution in [3.8, 4) is 0 Å². The lowest BCUT2D eigenvalue weighted by Crippen LogP contribution is -2.13. The molecule has 13 heavy (non-hydrogen) atoms. The average Bonchev–Trinajstić information content (AvgIpc) is 1.78. The summed E-state index contributed by atoms with van der Waals surface area (Å²) in [6.45, 7) is 0. The van der Waals surface area contributed by atoms with Crippen LogP contribution in [-0.4, -0.2) is 8.42 Å². The molecule has 0 unspecified atom stereocenters. The van der Waals surface area contributed by atoms with E-state index in [9.17, 15) is 8.42 Å². The molecule has 0 amide bonds. The molecule has 0 fully saturated rings. The molecular weight excluding hydrogens is 301 g/mol. The van der Waals surface area contributed by atoms with E-state index in [4.69, 9.17) is 28.3 Å². The summed E-state index contributed by atoms with van der Waals surface area (Å²) < 4.78 is 22.6. The highest BCUT2D eigenvalue weighted by Crippen LogP contribution is 2.31. The van der Waals surface area contributed by atoms with Crippen LogP contribution < -0.4 is 5.14 Å². The third kappa shape index (κ3) is 2.57. The van der Waals surface area contributed by atoms with Crippen LogP contribution in [0.4, 0.5) is 0 Å². The molecule has 0 radical (unpaired) electrons. The second-order valence-electron chi connectivity index (χ2n) is 2.24. The Morgan fingerprint density at radius 3 is 1.92 bits per heavy atom. The van der Waals surface area contributed by atoms with E-state index in [0.717, 1.165) is 0 Å². The fourth-order valence-corrected chi connectivity index (χ4v) is 3.32. The molecule has 0 atom stereocenters. The van der Waals surface area contributed by atoms with Crippen molar-refractivity contribution in [1.29, 1.82) is 0 Å². The Kier molecular flexibility index (Phi) is 3.24. The quantitative estimate of drug-likeness (QED) is 0.866. The monoisotopic (exact) mass is 303 g/mol. The van der Waals surface area contributed by atoms with Crippen LogP contribution in [0.2, 0.25) is 10.0 Å². The highest BCUT2D eigenvalue weighted by Gasteiger charge is 2.17. The minimum atomic E-state index is -3.87. The lowest BCUT2D eigenvalue weighted by atomic mass is 10.4. The number of rotatable bonds is 1. The maximum atomic E-state index is 11.0. The lowest BCUT2D eigenvalue weighted by Gasteiger charge is -2.04. The van der Waals surface area contributed by atoms with Crippen molar-refractivity contribution in [3.05, 3.63) is 26.7 Å². The van der Waals surface area contributed by atoms with Crippen molar-refractivity contribution in [2.24, 2.45) is 5.14 Å². The van der Waals surface area contributed by atoms with Crippen molar-refractivity contribution in [3.63, 3.8) is 0 Å². The predicted octanol–water partition coefficient (Wildman–Crippen LogP) is 2.40. The maximum absolute atomic E-state index is 11.0. The first-order valence-electron chi connectivity index (χ1n) is 2.99. The molecule has 0 aliphatic heterocycles. The summed E-state index contributed by atoms with van der Waals surface area (Å²) in [5.74, 6) is 0. The van der Waals surface area contributed by atoms with Gasteiger partial charge < -0.3 is 0 Å². The van der Waals surface area contributed by atoms with Crippen LogP contribution in [0.3, 0.4) is 0 Å². The molecular formula is C6H4BrCl2NO2S. The Morgan fingerprint density at radius 1 is 1.23 bits per heavy atom. The molecule has 1 aromatic rings. The molecule has 0 bridgehead atoms. The van der Waals surface area contributed by atoms with Gasteiger partial charge in [0.05, 0.1) is 10.0 Å². The summed E-state index contributed by atoms with van der Waals surface area (Å²) in [5, 5.41) is 4.90. The van der Waals surface area contributed by atoms with E-state index < -0.39 is 10.0 Å². The molecule has 0 heterocycles. The minimum absolute atomic E-state index is 0.00174. The maximum Gasteiger partial charge on any atom is 0.241 e. The first-order valence-corrected chi connectivity index (χ1v) is 6.09. The normalized spacial score (nSPS) is 11.7. The van der Waals surface area contributed by atoms with Gasteiger partial charge in [0.1, 0.15) is 4.90 Å². The second kappa shape index (κ2) is 3.74. The first kappa shape index (κ1) is 11.3. The fourth-order valence-electron chi connectivity index (χ4n) is 0.801. The third-order valence-electron chi connectivity index (χ3n) is 1.25. The highest BCUT2D eigenvalue weighted by atomic mass is 79.9. The van der Waals surface area contributed by atoms with Gasteiger partial charge in [0.15, 0.2) is 0 Å². The summed E-state index contributed by atoms with van der Waals surface area (Å²) in [7, 11) is -3.87. The Bertz CT molecular complexity index is 423. The summed E-state index contributed by atoms with van der Waals surface area (Å²) >= 11 is 14.4. The van der Waals surface area contributed by atoms with Gasteiger partial charge in [0.25, 0.3) is 0 Å². The van der Waals surface area contributed by atoms with Gasteiger partial charge in [-0.25, -0.2) is 13.6 Å². The molecule has 72 valence electrons. The van der Waals surface area contributed by atoms with Gasteiger partial charge in [0, 0.05) is 4.47 Å². The zero-order valence-corrected chi connectivity index (χ0v) is 10.0. The van der Waals surface area contributed by atoms with Crippen molar-refractivity contribution in [1.82, 2.24) is 0 Å². The number of benzene rings is 1. The molecule has 1 aromatic carbocycles. The third-order valence-corrected chi connectivity index (χ3v) is 3.53. The number of hydrogen-bond donors (Lipinski definition) is 1. The number of halogens is 3. The second-order valence-corrected chi connectivity index (χ2v) is 5.47. The van der Waals surface area contributed by atoms with Crippen LogP contribution >= 0.6 is 39.1 Å². The first-order chi connectivity index (χ1) is 5.82. The largest absolute Gasteiger partial charge is 0.241 e. The van der Waals surface area contributed by atoms with E-state index in [2.05, 4.69) is 15.9 Å².